The average Bonchev–Trinajstić information content (AvgIpc) is 2.75. The van der Waals surface area contributed by atoms with Crippen molar-refractivity contribution in [1.82, 2.24) is 9.80 Å². The summed E-state index contributed by atoms with van der Waals surface area (Å²) in [4.78, 5) is 28.7. The van der Waals surface area contributed by atoms with Crippen molar-refractivity contribution in [3.05, 3.63) is 51.5 Å². The largest absolute Gasteiger partial charge is 0.485 e. The normalized spacial score (nSPS) is 18.2. The fraction of sp³-hybridized carbons (Fsp3) is 0.300. The number of hydrogen-bond donors (Lipinski definition) is 1. The van der Waals surface area contributed by atoms with Crippen LogP contribution in [0.1, 0.15) is 0 Å². The van der Waals surface area contributed by atoms with Gasteiger partial charge in [0, 0.05) is 31.2 Å². The molecule has 3 amide bonds. The Balaban J connectivity index is 1.33. The summed E-state index contributed by atoms with van der Waals surface area (Å²) in [5, 5.41) is 3.60. The van der Waals surface area contributed by atoms with Crippen molar-refractivity contribution in [2.45, 2.75) is 6.10 Å². The first kappa shape index (κ1) is 20.9. The molecule has 0 aliphatic carbocycles. The molecule has 2 aromatic rings. The van der Waals surface area contributed by atoms with Gasteiger partial charge in [0.1, 0.15) is 6.61 Å². The third-order valence-corrected chi connectivity index (χ3v) is 5.72. The van der Waals surface area contributed by atoms with Gasteiger partial charge in [-0.2, -0.15) is 0 Å². The van der Waals surface area contributed by atoms with Gasteiger partial charge in [-0.05, 0) is 24.3 Å². The number of piperazine rings is 1. The first-order chi connectivity index (χ1) is 14.4. The Bertz CT molecular complexity index is 957. The van der Waals surface area contributed by atoms with E-state index in [-0.39, 0.29) is 28.6 Å². The summed E-state index contributed by atoms with van der Waals surface area (Å²) in [5.41, 5.74) is 0.303. The molecule has 158 valence electrons. The third kappa shape index (κ3) is 4.38. The van der Waals surface area contributed by atoms with Crippen LogP contribution in [0.25, 0.3) is 0 Å². The lowest BCUT2D eigenvalue weighted by molar-refractivity contribution is -0.142. The molecule has 0 saturated carbocycles. The van der Waals surface area contributed by atoms with Crippen LogP contribution in [0.15, 0.2) is 36.4 Å². The molecule has 10 heteroatoms. The number of amides is 3. The first-order valence-corrected chi connectivity index (χ1v) is 10.4. The number of nitrogens with one attached hydrogen (secondary N) is 1. The molecule has 2 aliphatic heterocycles. The maximum Gasteiger partial charge on any atom is 0.322 e. The third-order valence-electron chi connectivity index (χ3n) is 4.90. The number of carbonyl (C=O) groups excluding carboxylic acids is 2. The molecule has 1 N–H and O–H groups in total. The lowest BCUT2D eigenvalue weighted by atomic mass is 10.2. The second-order valence-corrected chi connectivity index (χ2v) is 8.10. The molecule has 1 fully saturated rings. The maximum atomic E-state index is 12.8. The van der Waals surface area contributed by atoms with Crippen molar-refractivity contribution in [3.8, 4) is 11.5 Å². The summed E-state index contributed by atoms with van der Waals surface area (Å²) in [6.07, 6.45) is -0.702. The number of fused-ring (bicyclic) bond motifs is 1. The minimum Gasteiger partial charge on any atom is -0.485 e. The second-order valence-electron chi connectivity index (χ2n) is 6.85. The zero-order valence-corrected chi connectivity index (χ0v) is 18.0. The van der Waals surface area contributed by atoms with Crippen molar-refractivity contribution >= 4 is 52.4 Å². The highest BCUT2D eigenvalue weighted by atomic mass is 35.5. The van der Waals surface area contributed by atoms with Crippen LogP contribution in [0.2, 0.25) is 15.1 Å². The number of halogens is 3. The van der Waals surface area contributed by atoms with Gasteiger partial charge in [0.25, 0.3) is 5.91 Å². The summed E-state index contributed by atoms with van der Waals surface area (Å²) in [6, 6.07) is 9.90. The molecule has 2 aromatic carbocycles. The van der Waals surface area contributed by atoms with E-state index in [0.29, 0.717) is 48.4 Å². The minimum absolute atomic E-state index is 0.157. The van der Waals surface area contributed by atoms with Gasteiger partial charge in [0.2, 0.25) is 6.10 Å². The molecule has 1 saturated heterocycles. The molecule has 0 radical (unpaired) electrons. The van der Waals surface area contributed by atoms with E-state index in [4.69, 9.17) is 44.3 Å². The number of anilines is 1. The van der Waals surface area contributed by atoms with E-state index < -0.39 is 6.10 Å². The number of urea groups is 1. The predicted molar refractivity (Wildman–Crippen MR) is 115 cm³/mol. The Morgan fingerprint density at radius 3 is 2.20 bits per heavy atom. The number of rotatable bonds is 2. The van der Waals surface area contributed by atoms with E-state index in [1.165, 1.54) is 12.1 Å². The molecule has 7 nitrogen and oxygen atoms in total. The zero-order valence-electron chi connectivity index (χ0n) is 15.7. The van der Waals surface area contributed by atoms with Crippen LogP contribution in [0, 0.1) is 0 Å². The smallest absolute Gasteiger partial charge is 0.322 e. The Morgan fingerprint density at radius 2 is 1.53 bits per heavy atom. The van der Waals surface area contributed by atoms with Gasteiger partial charge in [-0.15, -0.1) is 0 Å². The van der Waals surface area contributed by atoms with Crippen LogP contribution < -0.4 is 14.8 Å². The fourth-order valence-corrected chi connectivity index (χ4v) is 4.23. The van der Waals surface area contributed by atoms with Crippen molar-refractivity contribution in [2.75, 3.05) is 38.1 Å². The molecular weight excluding hydrogens is 453 g/mol. The first-order valence-electron chi connectivity index (χ1n) is 9.30. The van der Waals surface area contributed by atoms with E-state index in [1.54, 1.807) is 21.9 Å². The van der Waals surface area contributed by atoms with E-state index >= 15 is 0 Å². The van der Waals surface area contributed by atoms with Crippen LogP contribution in [-0.4, -0.2) is 60.6 Å². The summed E-state index contributed by atoms with van der Waals surface area (Å²) in [7, 11) is 0. The standard InChI is InChI=1S/C20H18Cl3N3O4/c21-12-9-13(22)18(14(23)10-12)24-20(28)26-7-5-25(6-8-26)19(27)17-11-29-15-3-1-2-4-16(15)30-17/h1-4,9-10,17H,5-8,11H2,(H,24,28). The van der Waals surface area contributed by atoms with Crippen LogP contribution in [-0.2, 0) is 4.79 Å². The van der Waals surface area contributed by atoms with Crippen molar-refractivity contribution in [1.29, 1.82) is 0 Å². The summed E-state index contributed by atoms with van der Waals surface area (Å²) in [6.45, 7) is 1.66. The summed E-state index contributed by atoms with van der Waals surface area (Å²) < 4.78 is 11.4. The molecule has 0 aromatic heterocycles. The molecule has 0 spiro atoms. The van der Waals surface area contributed by atoms with E-state index in [2.05, 4.69) is 5.32 Å². The number of nitrogens with zero attached hydrogens (tertiary/aromatic N) is 2. The summed E-state index contributed by atoms with van der Waals surface area (Å²) >= 11 is 18.1. The van der Waals surface area contributed by atoms with Crippen molar-refractivity contribution in [2.24, 2.45) is 0 Å². The van der Waals surface area contributed by atoms with E-state index in [9.17, 15) is 9.59 Å². The molecule has 1 atom stereocenters. The number of hydrogen-bond acceptors (Lipinski definition) is 4. The van der Waals surface area contributed by atoms with Gasteiger partial charge in [0.15, 0.2) is 11.5 Å². The number of benzene rings is 2. The molecule has 30 heavy (non-hydrogen) atoms. The van der Waals surface area contributed by atoms with Gasteiger partial charge in [-0.25, -0.2) is 4.79 Å². The Kier molecular flexibility index (Phi) is 6.13. The lowest BCUT2D eigenvalue weighted by Gasteiger charge is -2.37. The highest BCUT2D eigenvalue weighted by molar-refractivity contribution is 6.42. The minimum atomic E-state index is -0.702. The second kappa shape index (κ2) is 8.79. The van der Waals surface area contributed by atoms with Crippen LogP contribution >= 0.6 is 34.8 Å². The number of ether oxygens (including phenoxy) is 2. The van der Waals surface area contributed by atoms with Crippen LogP contribution in [0.5, 0.6) is 11.5 Å². The van der Waals surface area contributed by atoms with E-state index in [1.807, 2.05) is 12.1 Å². The Labute approximate surface area is 188 Å². The Hall–Kier alpha value is -2.35. The molecule has 0 bridgehead atoms. The average molecular weight is 471 g/mol. The lowest BCUT2D eigenvalue weighted by Crippen LogP contribution is -2.55. The van der Waals surface area contributed by atoms with E-state index in [0.717, 1.165) is 0 Å². The predicted octanol–water partition coefficient (Wildman–Crippen LogP) is 4.16. The van der Waals surface area contributed by atoms with Crippen LogP contribution in [0.3, 0.4) is 0 Å². The zero-order chi connectivity index (χ0) is 21.3. The SMILES string of the molecule is O=C(Nc1c(Cl)cc(Cl)cc1Cl)N1CCN(C(=O)C2COc3ccccc3O2)CC1. The van der Waals surface area contributed by atoms with Gasteiger partial charge in [-0.3, -0.25) is 4.79 Å². The van der Waals surface area contributed by atoms with Gasteiger partial charge in [0.05, 0.1) is 15.7 Å². The van der Waals surface area contributed by atoms with Gasteiger partial charge < -0.3 is 24.6 Å². The highest BCUT2D eigenvalue weighted by Gasteiger charge is 2.33. The number of para-hydroxylation sites is 2. The maximum absolute atomic E-state index is 12.8. The topological polar surface area (TPSA) is 71.1 Å². The van der Waals surface area contributed by atoms with Gasteiger partial charge in [-0.1, -0.05) is 46.9 Å². The highest BCUT2D eigenvalue weighted by Crippen LogP contribution is 2.34. The molecular formula is C20H18Cl3N3O4. The quantitative estimate of drug-likeness (QED) is 0.715. The van der Waals surface area contributed by atoms with Crippen molar-refractivity contribution in [3.63, 3.8) is 0 Å². The summed E-state index contributed by atoms with van der Waals surface area (Å²) in [5.74, 6) is 1.02. The molecule has 4 rings (SSSR count). The monoisotopic (exact) mass is 469 g/mol. The Morgan fingerprint density at radius 1 is 0.933 bits per heavy atom. The molecule has 1 unspecified atom stereocenters. The molecule has 2 heterocycles. The van der Waals surface area contributed by atoms with Crippen LogP contribution in [0.4, 0.5) is 10.5 Å². The fourth-order valence-electron chi connectivity index (χ4n) is 3.32. The van der Waals surface area contributed by atoms with Gasteiger partial charge >= 0.3 is 6.03 Å². The molecule has 2 aliphatic rings. The van der Waals surface area contributed by atoms with Crippen molar-refractivity contribution < 1.29 is 19.1 Å². The number of carbonyl (C=O) groups is 2.